The molecule has 0 unspecified atom stereocenters. The smallest absolute Gasteiger partial charge is 0.225 e. The fraction of sp³-hybridized carbons (Fsp3) is 0.200. The molecular formula is C20H21BrN4O. The Bertz CT molecular complexity index is 842. The van der Waals surface area contributed by atoms with Crippen molar-refractivity contribution in [2.24, 2.45) is 0 Å². The van der Waals surface area contributed by atoms with Crippen molar-refractivity contribution in [1.82, 2.24) is 9.97 Å². The van der Waals surface area contributed by atoms with Gasteiger partial charge in [0.2, 0.25) is 5.95 Å². The Morgan fingerprint density at radius 3 is 2.46 bits per heavy atom. The van der Waals surface area contributed by atoms with Crippen LogP contribution in [0, 0.1) is 0 Å². The largest absolute Gasteiger partial charge is 0.396 e. The van der Waals surface area contributed by atoms with Crippen LogP contribution in [0.2, 0.25) is 0 Å². The first-order chi connectivity index (χ1) is 12.8. The lowest BCUT2D eigenvalue weighted by Crippen LogP contribution is -2.10. The minimum atomic E-state index is 0.137. The van der Waals surface area contributed by atoms with Crippen LogP contribution in [0.3, 0.4) is 0 Å². The van der Waals surface area contributed by atoms with Crippen molar-refractivity contribution in [2.45, 2.75) is 13.0 Å². The Labute approximate surface area is 161 Å². The SMILES string of the molecule is OCCCNc1nc(NCc2ccccc2Br)cc(-c2ccccc2)n1. The van der Waals surface area contributed by atoms with Gasteiger partial charge in [-0.1, -0.05) is 64.5 Å². The van der Waals surface area contributed by atoms with E-state index in [0.717, 1.165) is 27.1 Å². The van der Waals surface area contributed by atoms with E-state index in [1.165, 1.54) is 0 Å². The molecule has 0 aliphatic rings. The van der Waals surface area contributed by atoms with Crippen LogP contribution < -0.4 is 10.6 Å². The lowest BCUT2D eigenvalue weighted by molar-refractivity contribution is 0.292. The number of hydrogen-bond donors (Lipinski definition) is 3. The molecule has 0 saturated carbocycles. The fourth-order valence-corrected chi connectivity index (χ4v) is 2.91. The van der Waals surface area contributed by atoms with E-state index >= 15 is 0 Å². The van der Waals surface area contributed by atoms with Gasteiger partial charge in [0, 0.05) is 35.8 Å². The molecule has 1 aromatic heterocycles. The molecular weight excluding hydrogens is 392 g/mol. The number of aliphatic hydroxyl groups is 1. The van der Waals surface area contributed by atoms with E-state index in [-0.39, 0.29) is 6.61 Å². The predicted molar refractivity (Wildman–Crippen MR) is 109 cm³/mol. The molecule has 0 aliphatic heterocycles. The lowest BCUT2D eigenvalue weighted by Gasteiger charge is -2.12. The molecule has 26 heavy (non-hydrogen) atoms. The highest BCUT2D eigenvalue weighted by molar-refractivity contribution is 9.10. The third-order valence-electron chi connectivity index (χ3n) is 3.83. The molecule has 2 aromatic carbocycles. The second-order valence-electron chi connectivity index (χ2n) is 5.78. The van der Waals surface area contributed by atoms with Crippen LogP contribution in [0.4, 0.5) is 11.8 Å². The van der Waals surface area contributed by atoms with E-state index < -0.39 is 0 Å². The highest BCUT2D eigenvalue weighted by Gasteiger charge is 2.07. The predicted octanol–water partition coefficient (Wildman–Crippen LogP) is 4.31. The van der Waals surface area contributed by atoms with Crippen molar-refractivity contribution < 1.29 is 5.11 Å². The van der Waals surface area contributed by atoms with E-state index in [4.69, 9.17) is 5.11 Å². The summed E-state index contributed by atoms with van der Waals surface area (Å²) in [4.78, 5) is 9.14. The summed E-state index contributed by atoms with van der Waals surface area (Å²) in [5.41, 5.74) is 3.04. The number of hydrogen-bond acceptors (Lipinski definition) is 5. The van der Waals surface area contributed by atoms with Crippen molar-refractivity contribution in [1.29, 1.82) is 0 Å². The fourth-order valence-electron chi connectivity index (χ4n) is 2.48. The van der Waals surface area contributed by atoms with E-state index in [9.17, 15) is 0 Å². The molecule has 3 aromatic rings. The van der Waals surface area contributed by atoms with Crippen LogP contribution in [-0.4, -0.2) is 28.2 Å². The molecule has 0 aliphatic carbocycles. The summed E-state index contributed by atoms with van der Waals surface area (Å²) in [6, 6.07) is 20.1. The van der Waals surface area contributed by atoms with Gasteiger partial charge in [0.05, 0.1) is 5.69 Å². The average Bonchev–Trinajstić information content (AvgIpc) is 2.68. The Hall–Kier alpha value is -2.44. The zero-order valence-corrected chi connectivity index (χ0v) is 15.9. The van der Waals surface area contributed by atoms with Crippen LogP contribution in [0.5, 0.6) is 0 Å². The Kier molecular flexibility index (Phi) is 6.57. The van der Waals surface area contributed by atoms with Gasteiger partial charge in [-0.2, -0.15) is 4.98 Å². The van der Waals surface area contributed by atoms with Crippen molar-refractivity contribution in [3.8, 4) is 11.3 Å². The van der Waals surface area contributed by atoms with Gasteiger partial charge in [-0.15, -0.1) is 0 Å². The molecule has 0 saturated heterocycles. The summed E-state index contributed by atoms with van der Waals surface area (Å²) in [6.07, 6.45) is 0.651. The third kappa shape index (κ3) is 5.03. The van der Waals surface area contributed by atoms with E-state index in [1.807, 2.05) is 54.6 Å². The molecule has 134 valence electrons. The van der Waals surface area contributed by atoms with E-state index in [0.29, 0.717) is 25.5 Å². The van der Waals surface area contributed by atoms with E-state index in [1.54, 1.807) is 0 Å². The van der Waals surface area contributed by atoms with Crippen LogP contribution in [0.1, 0.15) is 12.0 Å². The van der Waals surface area contributed by atoms with Crippen LogP contribution in [0.15, 0.2) is 65.1 Å². The number of anilines is 2. The molecule has 6 heteroatoms. The number of nitrogens with zero attached hydrogens (tertiary/aromatic N) is 2. The van der Waals surface area contributed by atoms with Gasteiger partial charge in [0.15, 0.2) is 0 Å². The topological polar surface area (TPSA) is 70.1 Å². The van der Waals surface area contributed by atoms with Gasteiger partial charge in [-0.3, -0.25) is 0 Å². The maximum absolute atomic E-state index is 8.97. The average molecular weight is 413 g/mol. The first-order valence-corrected chi connectivity index (χ1v) is 9.32. The summed E-state index contributed by atoms with van der Waals surface area (Å²) < 4.78 is 1.06. The number of aliphatic hydroxyl groups excluding tert-OH is 1. The summed E-state index contributed by atoms with van der Waals surface area (Å²) in [7, 11) is 0. The Morgan fingerprint density at radius 2 is 1.69 bits per heavy atom. The molecule has 0 spiro atoms. The summed E-state index contributed by atoms with van der Waals surface area (Å²) >= 11 is 3.57. The molecule has 0 radical (unpaired) electrons. The third-order valence-corrected chi connectivity index (χ3v) is 4.61. The zero-order chi connectivity index (χ0) is 18.2. The minimum absolute atomic E-state index is 0.137. The van der Waals surface area contributed by atoms with Crippen LogP contribution in [-0.2, 0) is 6.54 Å². The maximum Gasteiger partial charge on any atom is 0.225 e. The van der Waals surface area contributed by atoms with Gasteiger partial charge < -0.3 is 15.7 Å². The number of halogens is 1. The molecule has 0 amide bonds. The van der Waals surface area contributed by atoms with Gasteiger partial charge >= 0.3 is 0 Å². The Balaban J connectivity index is 1.83. The van der Waals surface area contributed by atoms with Gasteiger partial charge in [0.1, 0.15) is 5.82 Å². The van der Waals surface area contributed by atoms with Crippen molar-refractivity contribution in [2.75, 3.05) is 23.8 Å². The number of aromatic nitrogens is 2. The van der Waals surface area contributed by atoms with Crippen molar-refractivity contribution in [3.63, 3.8) is 0 Å². The van der Waals surface area contributed by atoms with Crippen molar-refractivity contribution in [3.05, 3.63) is 70.7 Å². The second-order valence-corrected chi connectivity index (χ2v) is 6.63. The standard InChI is InChI=1S/C20H21BrN4O/c21-17-10-5-4-9-16(17)14-23-19-13-18(15-7-2-1-3-8-15)24-20(25-19)22-11-6-12-26/h1-5,7-10,13,26H,6,11-12,14H2,(H2,22,23,24,25). The lowest BCUT2D eigenvalue weighted by atomic mass is 10.1. The quantitative estimate of drug-likeness (QED) is 0.480. The first kappa shape index (κ1) is 18.4. The highest BCUT2D eigenvalue weighted by Crippen LogP contribution is 2.22. The summed E-state index contributed by atoms with van der Waals surface area (Å²) in [5, 5.41) is 15.5. The van der Waals surface area contributed by atoms with E-state index in [2.05, 4.69) is 42.6 Å². The molecule has 0 atom stereocenters. The van der Waals surface area contributed by atoms with Gasteiger partial charge in [0.25, 0.3) is 0 Å². The summed E-state index contributed by atoms with van der Waals surface area (Å²) in [6.45, 7) is 1.42. The zero-order valence-electron chi connectivity index (χ0n) is 14.3. The number of nitrogens with one attached hydrogen (secondary N) is 2. The first-order valence-electron chi connectivity index (χ1n) is 8.53. The Morgan fingerprint density at radius 1 is 0.923 bits per heavy atom. The second kappa shape index (κ2) is 9.31. The minimum Gasteiger partial charge on any atom is -0.396 e. The monoisotopic (exact) mass is 412 g/mol. The maximum atomic E-state index is 8.97. The van der Waals surface area contributed by atoms with Gasteiger partial charge in [-0.25, -0.2) is 4.98 Å². The van der Waals surface area contributed by atoms with Crippen LogP contribution >= 0.6 is 15.9 Å². The number of rotatable bonds is 8. The molecule has 1 heterocycles. The van der Waals surface area contributed by atoms with Crippen molar-refractivity contribution >= 4 is 27.7 Å². The summed E-state index contributed by atoms with van der Waals surface area (Å²) in [5.74, 6) is 1.30. The molecule has 0 fully saturated rings. The highest BCUT2D eigenvalue weighted by atomic mass is 79.9. The van der Waals surface area contributed by atoms with Crippen LogP contribution in [0.25, 0.3) is 11.3 Å². The normalized spacial score (nSPS) is 10.5. The molecule has 0 bridgehead atoms. The molecule has 5 nitrogen and oxygen atoms in total. The molecule has 3 N–H and O–H groups in total. The molecule has 3 rings (SSSR count). The number of benzene rings is 2. The van der Waals surface area contributed by atoms with Gasteiger partial charge in [-0.05, 0) is 18.1 Å².